The van der Waals surface area contributed by atoms with E-state index in [1.807, 2.05) is 38.1 Å². The molecular weight excluding hydrogens is 227 g/mol. The highest BCUT2D eigenvalue weighted by Gasteiger charge is 1.99. The third kappa shape index (κ3) is 2.94. The number of aryl methyl sites for hydroxylation is 1. The summed E-state index contributed by atoms with van der Waals surface area (Å²) in [6, 6.07) is 14.2. The maximum absolute atomic E-state index is 12.8. The predicted octanol–water partition coefficient (Wildman–Crippen LogP) is 3.97. The van der Waals surface area contributed by atoms with Gasteiger partial charge in [-0.3, -0.25) is 5.43 Å². The first-order chi connectivity index (χ1) is 8.66. The normalized spacial score (nSPS) is 11.4. The summed E-state index contributed by atoms with van der Waals surface area (Å²) >= 11 is 0. The highest BCUT2D eigenvalue weighted by Crippen LogP contribution is 2.13. The zero-order valence-electron chi connectivity index (χ0n) is 10.4. The number of rotatable bonds is 3. The van der Waals surface area contributed by atoms with Crippen LogP contribution in [0.5, 0.6) is 0 Å². The molecule has 0 aromatic heterocycles. The van der Waals surface area contributed by atoms with Gasteiger partial charge in [0.15, 0.2) is 0 Å². The maximum atomic E-state index is 12.8. The Balaban J connectivity index is 2.14. The van der Waals surface area contributed by atoms with Crippen LogP contribution in [0.4, 0.5) is 10.1 Å². The fourth-order valence-electron chi connectivity index (χ4n) is 1.60. The predicted molar refractivity (Wildman–Crippen MR) is 73.4 cm³/mol. The molecule has 2 rings (SSSR count). The van der Waals surface area contributed by atoms with Gasteiger partial charge in [-0.05, 0) is 43.2 Å². The number of hydrogen-bond acceptors (Lipinski definition) is 2. The number of nitrogens with one attached hydrogen (secondary N) is 1. The Kier molecular flexibility index (Phi) is 3.72. The molecule has 0 amide bonds. The summed E-state index contributed by atoms with van der Waals surface area (Å²) < 4.78 is 12.8. The molecule has 0 bridgehead atoms. The second-order valence-corrected chi connectivity index (χ2v) is 4.13. The summed E-state index contributed by atoms with van der Waals surface area (Å²) in [5.74, 6) is -0.238. The van der Waals surface area contributed by atoms with Gasteiger partial charge in [0, 0.05) is 0 Å². The lowest BCUT2D eigenvalue weighted by Crippen LogP contribution is -2.00. The van der Waals surface area contributed by atoms with Crippen molar-refractivity contribution in [2.24, 2.45) is 5.10 Å². The van der Waals surface area contributed by atoms with Crippen LogP contribution in [0.3, 0.4) is 0 Å². The maximum Gasteiger partial charge on any atom is 0.123 e. The molecule has 2 nitrogen and oxygen atoms in total. The number of halogens is 1. The van der Waals surface area contributed by atoms with Crippen LogP contribution < -0.4 is 5.43 Å². The number of hydrazone groups is 1. The molecule has 0 radical (unpaired) electrons. The molecule has 2 aromatic carbocycles. The van der Waals surface area contributed by atoms with Crippen LogP contribution in [-0.4, -0.2) is 5.71 Å². The second-order valence-electron chi connectivity index (χ2n) is 4.13. The minimum Gasteiger partial charge on any atom is -0.278 e. The van der Waals surface area contributed by atoms with E-state index in [9.17, 15) is 4.39 Å². The van der Waals surface area contributed by atoms with Gasteiger partial charge in [0.2, 0.25) is 0 Å². The van der Waals surface area contributed by atoms with Gasteiger partial charge in [0.25, 0.3) is 0 Å². The smallest absolute Gasteiger partial charge is 0.123 e. The molecule has 92 valence electrons. The van der Waals surface area contributed by atoms with Gasteiger partial charge >= 0.3 is 0 Å². The number of nitrogens with zero attached hydrogens (tertiary/aromatic N) is 1. The Morgan fingerprint density at radius 2 is 1.72 bits per heavy atom. The quantitative estimate of drug-likeness (QED) is 0.639. The average Bonchev–Trinajstić information content (AvgIpc) is 2.38. The van der Waals surface area contributed by atoms with E-state index >= 15 is 0 Å². The molecule has 0 saturated heterocycles. The van der Waals surface area contributed by atoms with Crippen molar-refractivity contribution in [3.05, 3.63) is 65.5 Å². The Morgan fingerprint density at radius 3 is 2.39 bits per heavy atom. The molecule has 0 saturated carbocycles. The van der Waals surface area contributed by atoms with Gasteiger partial charge in [0.1, 0.15) is 5.82 Å². The van der Waals surface area contributed by atoms with Crippen LogP contribution in [0, 0.1) is 12.7 Å². The number of benzene rings is 2. The first-order valence-electron chi connectivity index (χ1n) is 5.78. The summed E-state index contributed by atoms with van der Waals surface area (Å²) in [7, 11) is 0. The topological polar surface area (TPSA) is 24.4 Å². The van der Waals surface area contributed by atoms with E-state index < -0.39 is 0 Å². The molecule has 0 atom stereocenters. The van der Waals surface area contributed by atoms with Gasteiger partial charge in [0.05, 0.1) is 11.4 Å². The summed E-state index contributed by atoms with van der Waals surface area (Å²) in [6.45, 7) is 3.91. The highest BCUT2D eigenvalue weighted by atomic mass is 19.1. The van der Waals surface area contributed by atoms with Crippen molar-refractivity contribution in [1.29, 1.82) is 0 Å². The standard InChI is InChI=1S/C15H15FN2/c1-11-5-3-4-6-15(11)18-17-12(2)13-7-9-14(16)10-8-13/h3-10,18H,1-2H3/b17-12-. The molecule has 0 spiro atoms. The molecule has 0 fully saturated rings. The van der Waals surface area contributed by atoms with E-state index in [1.54, 1.807) is 12.1 Å². The molecule has 18 heavy (non-hydrogen) atoms. The van der Waals surface area contributed by atoms with Gasteiger partial charge < -0.3 is 0 Å². The Bertz CT molecular complexity index is 559. The summed E-state index contributed by atoms with van der Waals surface area (Å²) in [5.41, 5.74) is 6.84. The van der Waals surface area contributed by atoms with Gasteiger partial charge in [-0.25, -0.2) is 4.39 Å². The molecule has 0 aliphatic heterocycles. The number of anilines is 1. The summed E-state index contributed by atoms with van der Waals surface area (Å²) in [5, 5.41) is 4.30. The summed E-state index contributed by atoms with van der Waals surface area (Å²) in [4.78, 5) is 0. The minimum atomic E-state index is -0.238. The highest BCUT2D eigenvalue weighted by molar-refractivity contribution is 5.99. The lowest BCUT2D eigenvalue weighted by molar-refractivity contribution is 0.628. The molecule has 1 N–H and O–H groups in total. The van der Waals surface area contributed by atoms with E-state index in [2.05, 4.69) is 10.5 Å². The lowest BCUT2D eigenvalue weighted by atomic mass is 10.1. The number of hydrogen-bond donors (Lipinski definition) is 1. The van der Waals surface area contributed by atoms with E-state index in [-0.39, 0.29) is 5.82 Å². The van der Waals surface area contributed by atoms with Crippen LogP contribution in [-0.2, 0) is 0 Å². The fraction of sp³-hybridized carbons (Fsp3) is 0.133. The first kappa shape index (κ1) is 12.3. The lowest BCUT2D eigenvalue weighted by Gasteiger charge is -2.06. The zero-order chi connectivity index (χ0) is 13.0. The van der Waals surface area contributed by atoms with Crippen LogP contribution >= 0.6 is 0 Å². The van der Waals surface area contributed by atoms with Crippen LogP contribution in [0.25, 0.3) is 0 Å². The van der Waals surface area contributed by atoms with Crippen molar-refractivity contribution in [1.82, 2.24) is 0 Å². The third-order valence-electron chi connectivity index (χ3n) is 2.75. The van der Waals surface area contributed by atoms with Crippen molar-refractivity contribution in [3.8, 4) is 0 Å². The van der Waals surface area contributed by atoms with Crippen LogP contribution in [0.1, 0.15) is 18.1 Å². The van der Waals surface area contributed by atoms with Crippen LogP contribution in [0.15, 0.2) is 53.6 Å². The first-order valence-corrected chi connectivity index (χ1v) is 5.78. The fourth-order valence-corrected chi connectivity index (χ4v) is 1.60. The van der Waals surface area contributed by atoms with E-state index in [1.165, 1.54) is 12.1 Å². The van der Waals surface area contributed by atoms with Crippen molar-refractivity contribution in [2.75, 3.05) is 5.43 Å². The van der Waals surface area contributed by atoms with Gasteiger partial charge in [-0.1, -0.05) is 30.3 Å². The Morgan fingerprint density at radius 1 is 1.06 bits per heavy atom. The SMILES string of the molecule is C/C(=N/Nc1ccccc1C)c1ccc(F)cc1. The van der Waals surface area contributed by atoms with E-state index in [0.717, 1.165) is 22.5 Å². The molecule has 0 heterocycles. The van der Waals surface area contributed by atoms with Gasteiger partial charge in [-0.15, -0.1) is 0 Å². The second kappa shape index (κ2) is 5.45. The molecule has 0 unspecified atom stereocenters. The largest absolute Gasteiger partial charge is 0.278 e. The van der Waals surface area contributed by atoms with Gasteiger partial charge in [-0.2, -0.15) is 5.10 Å². The average molecular weight is 242 g/mol. The molecule has 3 heteroatoms. The van der Waals surface area contributed by atoms with Crippen molar-refractivity contribution >= 4 is 11.4 Å². The summed E-state index contributed by atoms with van der Waals surface area (Å²) in [6.07, 6.45) is 0. The van der Waals surface area contributed by atoms with E-state index in [4.69, 9.17) is 0 Å². The zero-order valence-corrected chi connectivity index (χ0v) is 10.4. The monoisotopic (exact) mass is 242 g/mol. The molecular formula is C15H15FN2. The van der Waals surface area contributed by atoms with Crippen LogP contribution in [0.2, 0.25) is 0 Å². The minimum absolute atomic E-state index is 0.238. The van der Waals surface area contributed by atoms with Crippen molar-refractivity contribution in [3.63, 3.8) is 0 Å². The Hall–Kier alpha value is -2.16. The third-order valence-corrected chi connectivity index (χ3v) is 2.75. The molecule has 0 aliphatic carbocycles. The van der Waals surface area contributed by atoms with E-state index in [0.29, 0.717) is 0 Å². The molecule has 0 aliphatic rings. The Labute approximate surface area is 106 Å². The molecule has 2 aromatic rings. The number of para-hydroxylation sites is 1. The van der Waals surface area contributed by atoms with Crippen molar-refractivity contribution < 1.29 is 4.39 Å². The van der Waals surface area contributed by atoms with Crippen molar-refractivity contribution in [2.45, 2.75) is 13.8 Å².